The highest BCUT2D eigenvalue weighted by atomic mass is 35.5. The molecule has 0 bridgehead atoms. The number of rotatable bonds is 2. The van der Waals surface area contributed by atoms with Gasteiger partial charge in [-0.3, -0.25) is 4.79 Å². The molecule has 0 aromatic carbocycles. The Bertz CT molecular complexity index is 315. The van der Waals surface area contributed by atoms with Crippen LogP contribution >= 0.6 is 11.6 Å². The van der Waals surface area contributed by atoms with Crippen molar-refractivity contribution in [3.05, 3.63) is 22.6 Å². The van der Waals surface area contributed by atoms with Crippen molar-refractivity contribution in [1.82, 2.24) is 0 Å². The van der Waals surface area contributed by atoms with Crippen molar-refractivity contribution in [2.24, 2.45) is 0 Å². The van der Waals surface area contributed by atoms with E-state index in [9.17, 15) is 9.59 Å². The fourth-order valence-corrected chi connectivity index (χ4v) is 0.847. The maximum atomic E-state index is 10.8. The Morgan fingerprint density at radius 3 is 2.83 bits per heavy atom. The number of hydrogen-bond donors (Lipinski definition) is 0. The van der Waals surface area contributed by atoms with Crippen molar-refractivity contribution in [2.75, 3.05) is 7.11 Å². The summed E-state index contributed by atoms with van der Waals surface area (Å²) in [6, 6.07) is 1.22. The van der Waals surface area contributed by atoms with E-state index in [1.54, 1.807) is 0 Å². The van der Waals surface area contributed by atoms with Gasteiger partial charge in [0.05, 0.1) is 12.7 Å². The second kappa shape index (κ2) is 3.40. The first-order valence-corrected chi connectivity index (χ1v) is 3.39. The van der Waals surface area contributed by atoms with Crippen molar-refractivity contribution < 1.29 is 18.7 Å². The van der Waals surface area contributed by atoms with Gasteiger partial charge in [0, 0.05) is 6.07 Å². The van der Waals surface area contributed by atoms with Gasteiger partial charge in [-0.05, 0) is 11.6 Å². The zero-order valence-electron chi connectivity index (χ0n) is 6.17. The first-order valence-electron chi connectivity index (χ1n) is 3.02. The molecule has 0 amide bonds. The van der Waals surface area contributed by atoms with E-state index in [4.69, 9.17) is 16.0 Å². The molecule has 1 aromatic rings. The average molecular weight is 189 g/mol. The second-order valence-corrected chi connectivity index (χ2v) is 2.29. The van der Waals surface area contributed by atoms with Gasteiger partial charge in [0.25, 0.3) is 0 Å². The van der Waals surface area contributed by atoms with Gasteiger partial charge in [-0.25, -0.2) is 4.79 Å². The molecule has 0 aliphatic heterocycles. The predicted octanol–water partition coefficient (Wildman–Crippen LogP) is 1.53. The van der Waals surface area contributed by atoms with Crippen molar-refractivity contribution in [3.63, 3.8) is 0 Å². The molecule has 5 heteroatoms. The Kier molecular flexibility index (Phi) is 2.50. The molecule has 0 aliphatic rings. The van der Waals surface area contributed by atoms with Gasteiger partial charge >= 0.3 is 5.97 Å². The minimum atomic E-state index is -0.662. The van der Waals surface area contributed by atoms with Crippen LogP contribution in [-0.4, -0.2) is 19.4 Å². The molecule has 12 heavy (non-hydrogen) atoms. The molecule has 0 radical (unpaired) electrons. The molecule has 0 atom stereocenters. The molecule has 0 saturated heterocycles. The molecular formula is C7H5ClO4. The van der Waals surface area contributed by atoms with Gasteiger partial charge < -0.3 is 9.15 Å². The van der Waals surface area contributed by atoms with Crippen molar-refractivity contribution in [3.8, 4) is 0 Å². The fraction of sp³-hybridized carbons (Fsp3) is 0.143. The smallest absolute Gasteiger partial charge is 0.374 e. The summed E-state index contributed by atoms with van der Waals surface area (Å²) >= 11 is 5.44. The van der Waals surface area contributed by atoms with Gasteiger partial charge in [0.1, 0.15) is 0 Å². The van der Waals surface area contributed by atoms with Gasteiger partial charge in [-0.15, -0.1) is 0 Å². The van der Waals surface area contributed by atoms with Crippen molar-refractivity contribution in [1.29, 1.82) is 0 Å². The Balaban J connectivity index is 3.04. The van der Waals surface area contributed by atoms with Crippen LogP contribution in [0.25, 0.3) is 0 Å². The first kappa shape index (κ1) is 8.80. The van der Waals surface area contributed by atoms with Gasteiger partial charge in [-0.1, -0.05) is 0 Å². The van der Waals surface area contributed by atoms with Crippen molar-refractivity contribution >= 4 is 23.9 Å². The predicted molar refractivity (Wildman–Crippen MR) is 40.4 cm³/mol. The summed E-state index contributed by atoms with van der Waals surface area (Å²) in [7, 11) is 1.21. The molecule has 0 saturated carbocycles. The average Bonchev–Trinajstić information content (AvgIpc) is 2.45. The molecular weight excluding hydrogens is 184 g/mol. The summed E-state index contributed by atoms with van der Waals surface area (Å²) < 4.78 is 9.06. The third-order valence-electron chi connectivity index (χ3n) is 1.23. The summed E-state index contributed by atoms with van der Waals surface area (Å²) in [5.74, 6) is -0.741. The number of hydrogen-bond acceptors (Lipinski definition) is 4. The fourth-order valence-electron chi connectivity index (χ4n) is 0.664. The quantitative estimate of drug-likeness (QED) is 0.522. The molecule has 1 heterocycles. The Labute approximate surface area is 73.1 Å². The third kappa shape index (κ3) is 1.48. The Hall–Kier alpha value is -1.29. The molecule has 0 aliphatic carbocycles. The molecule has 1 rings (SSSR count). The number of carbonyl (C=O) groups is 2. The van der Waals surface area contributed by atoms with E-state index in [0.717, 1.165) is 0 Å². The summed E-state index contributed by atoms with van der Waals surface area (Å²) in [5.41, 5.74) is 0.136. The van der Waals surface area contributed by atoms with E-state index in [1.165, 1.54) is 13.2 Å². The molecule has 1 aromatic heterocycles. The van der Waals surface area contributed by atoms with Crippen LogP contribution in [0.5, 0.6) is 0 Å². The zero-order chi connectivity index (χ0) is 9.14. The SMILES string of the molecule is COC(=O)c1cc(C=O)c(Cl)o1. The van der Waals surface area contributed by atoms with Gasteiger partial charge in [0.15, 0.2) is 6.29 Å². The minimum absolute atomic E-state index is 0.0791. The molecule has 0 fully saturated rings. The largest absolute Gasteiger partial charge is 0.463 e. The number of esters is 1. The first-order chi connectivity index (χ1) is 5.69. The summed E-state index contributed by atoms with van der Waals surface area (Å²) in [6.07, 6.45) is 0.498. The van der Waals surface area contributed by atoms with Crippen LogP contribution in [0.2, 0.25) is 5.22 Å². The van der Waals surface area contributed by atoms with E-state index in [0.29, 0.717) is 6.29 Å². The summed E-state index contributed by atoms with van der Waals surface area (Å²) in [5, 5.41) is -0.106. The highest BCUT2D eigenvalue weighted by molar-refractivity contribution is 6.31. The summed E-state index contributed by atoms with van der Waals surface area (Å²) in [4.78, 5) is 21.1. The van der Waals surface area contributed by atoms with Gasteiger partial charge in [0.2, 0.25) is 11.0 Å². The van der Waals surface area contributed by atoms with E-state index in [1.807, 2.05) is 0 Å². The topological polar surface area (TPSA) is 56.5 Å². The number of methoxy groups -OCH3 is 1. The molecule has 0 spiro atoms. The van der Waals surface area contributed by atoms with Crippen molar-refractivity contribution in [2.45, 2.75) is 0 Å². The van der Waals surface area contributed by atoms with Crippen LogP contribution in [0, 0.1) is 0 Å². The summed E-state index contributed by atoms with van der Waals surface area (Å²) in [6.45, 7) is 0. The lowest BCUT2D eigenvalue weighted by Crippen LogP contribution is -1.98. The van der Waals surface area contributed by atoms with E-state index < -0.39 is 5.97 Å². The van der Waals surface area contributed by atoms with Crippen LogP contribution in [0.1, 0.15) is 20.9 Å². The van der Waals surface area contributed by atoms with E-state index >= 15 is 0 Å². The van der Waals surface area contributed by atoms with Crippen LogP contribution < -0.4 is 0 Å². The molecule has 0 N–H and O–H groups in total. The van der Waals surface area contributed by atoms with Crippen LogP contribution in [0.4, 0.5) is 0 Å². The number of ether oxygens (including phenoxy) is 1. The lowest BCUT2D eigenvalue weighted by molar-refractivity contribution is 0.0565. The van der Waals surface area contributed by atoms with Gasteiger partial charge in [-0.2, -0.15) is 0 Å². The standard InChI is InChI=1S/C7H5ClO4/c1-11-7(10)5-2-4(3-9)6(8)12-5/h2-3H,1H3. The third-order valence-corrected chi connectivity index (χ3v) is 1.52. The number of halogens is 1. The molecule has 0 unspecified atom stereocenters. The zero-order valence-corrected chi connectivity index (χ0v) is 6.92. The highest BCUT2D eigenvalue weighted by Gasteiger charge is 2.14. The number of carbonyl (C=O) groups excluding carboxylic acids is 2. The van der Waals surface area contributed by atoms with Crippen LogP contribution in [0.15, 0.2) is 10.5 Å². The number of furan rings is 1. The van der Waals surface area contributed by atoms with Crippen LogP contribution in [0.3, 0.4) is 0 Å². The monoisotopic (exact) mass is 188 g/mol. The highest BCUT2D eigenvalue weighted by Crippen LogP contribution is 2.19. The Morgan fingerprint density at radius 1 is 1.75 bits per heavy atom. The normalized spacial score (nSPS) is 9.50. The Morgan fingerprint density at radius 2 is 2.42 bits per heavy atom. The second-order valence-electron chi connectivity index (χ2n) is 1.95. The molecule has 64 valence electrons. The molecule has 4 nitrogen and oxygen atoms in total. The number of aldehydes is 1. The lowest BCUT2D eigenvalue weighted by atomic mass is 10.3. The maximum absolute atomic E-state index is 10.8. The maximum Gasteiger partial charge on any atom is 0.374 e. The van der Waals surface area contributed by atoms with E-state index in [2.05, 4.69) is 4.74 Å². The lowest BCUT2D eigenvalue weighted by Gasteiger charge is -1.90. The minimum Gasteiger partial charge on any atom is -0.463 e. The van der Waals surface area contributed by atoms with Crippen LogP contribution in [-0.2, 0) is 4.74 Å². The van der Waals surface area contributed by atoms with E-state index in [-0.39, 0.29) is 16.5 Å².